The van der Waals surface area contributed by atoms with Gasteiger partial charge >= 0.3 is 17.0 Å². The van der Waals surface area contributed by atoms with Crippen molar-refractivity contribution in [2.45, 2.75) is 20.3 Å². The number of nitrogens with zero attached hydrogens (tertiary/aromatic N) is 1. The second kappa shape index (κ2) is 11.0. The number of amides is 2. The van der Waals surface area contributed by atoms with Crippen molar-refractivity contribution in [3.8, 4) is 0 Å². The lowest BCUT2D eigenvalue weighted by atomic mass is 10.1. The SMILES string of the molecule is CC(=O)Nc1cc(NCCOCCC(=O)O)ccc1C(=O)Nc1[nH+]c(C)c(N=O)s1. The van der Waals surface area contributed by atoms with E-state index in [4.69, 9.17) is 9.84 Å². The molecule has 0 aliphatic carbocycles. The number of aromatic amines is 1. The third kappa shape index (κ3) is 6.90. The highest BCUT2D eigenvalue weighted by Gasteiger charge is 2.21. The summed E-state index contributed by atoms with van der Waals surface area (Å²) in [6.45, 7) is 3.82. The Labute approximate surface area is 175 Å². The number of nitroso groups, excluding NO2 is 1. The Bertz CT molecular complexity index is 945. The monoisotopic (exact) mass is 436 g/mol. The molecule has 0 atom stereocenters. The number of hydrogen-bond donors (Lipinski definition) is 4. The molecule has 1 aromatic carbocycles. The number of carbonyl (C=O) groups excluding carboxylic acids is 2. The van der Waals surface area contributed by atoms with Crippen LogP contribution in [0.25, 0.3) is 0 Å². The molecule has 2 aromatic rings. The molecule has 0 radical (unpaired) electrons. The fourth-order valence-corrected chi connectivity index (χ4v) is 3.19. The van der Waals surface area contributed by atoms with Crippen LogP contribution in [-0.2, 0) is 14.3 Å². The third-order valence-electron chi connectivity index (χ3n) is 3.74. The molecule has 11 nitrogen and oxygen atoms in total. The number of carboxylic acid groups (broad SMARTS) is 1. The number of carbonyl (C=O) groups is 3. The molecule has 1 aromatic heterocycles. The summed E-state index contributed by atoms with van der Waals surface area (Å²) in [5.41, 5.74) is 1.72. The van der Waals surface area contributed by atoms with Crippen molar-refractivity contribution < 1.29 is 29.2 Å². The second-order valence-electron chi connectivity index (χ2n) is 6.16. The van der Waals surface area contributed by atoms with Crippen molar-refractivity contribution in [2.24, 2.45) is 5.18 Å². The van der Waals surface area contributed by atoms with Crippen molar-refractivity contribution in [2.75, 3.05) is 35.7 Å². The fraction of sp³-hybridized carbons (Fsp3) is 0.333. The number of nitrogens with one attached hydrogen (secondary N) is 4. The molecule has 160 valence electrons. The maximum atomic E-state index is 12.7. The first-order chi connectivity index (χ1) is 14.3. The van der Waals surface area contributed by atoms with E-state index in [0.29, 0.717) is 35.4 Å². The zero-order valence-electron chi connectivity index (χ0n) is 16.4. The van der Waals surface area contributed by atoms with Crippen LogP contribution in [-0.4, -0.2) is 42.6 Å². The van der Waals surface area contributed by atoms with Gasteiger partial charge in [-0.1, -0.05) is 0 Å². The molecule has 0 aliphatic heterocycles. The van der Waals surface area contributed by atoms with Gasteiger partial charge in [0.15, 0.2) is 0 Å². The Hall–Kier alpha value is -3.38. The van der Waals surface area contributed by atoms with E-state index >= 15 is 0 Å². The van der Waals surface area contributed by atoms with Gasteiger partial charge < -0.3 is 20.5 Å². The maximum Gasteiger partial charge on any atom is 0.341 e. The molecule has 30 heavy (non-hydrogen) atoms. The van der Waals surface area contributed by atoms with Gasteiger partial charge in [0, 0.05) is 26.1 Å². The molecule has 0 bridgehead atoms. The minimum Gasteiger partial charge on any atom is -0.481 e. The minimum atomic E-state index is -0.925. The van der Waals surface area contributed by atoms with Gasteiger partial charge in [0.05, 0.1) is 30.9 Å². The summed E-state index contributed by atoms with van der Waals surface area (Å²) in [5.74, 6) is -1.74. The number of hydrogen-bond acceptors (Lipinski definition) is 8. The van der Waals surface area contributed by atoms with Crippen molar-refractivity contribution in [3.63, 3.8) is 0 Å². The lowest BCUT2D eigenvalue weighted by Crippen LogP contribution is -2.20. The highest BCUT2D eigenvalue weighted by atomic mass is 32.1. The van der Waals surface area contributed by atoms with E-state index in [-0.39, 0.29) is 29.5 Å². The zero-order valence-corrected chi connectivity index (χ0v) is 17.2. The van der Waals surface area contributed by atoms with Gasteiger partial charge in [-0.25, -0.2) is 9.78 Å². The molecule has 0 saturated heterocycles. The van der Waals surface area contributed by atoms with Gasteiger partial charge in [-0.2, -0.15) is 5.32 Å². The summed E-state index contributed by atoms with van der Waals surface area (Å²) >= 11 is 1.01. The standard InChI is InChI=1S/C18H21N5O6S/c1-10-17(23-28)30-18(20-10)22-16(27)13-4-3-12(9-14(13)21-11(2)24)19-6-8-29-7-5-15(25)26/h3-4,9,19H,5-8H2,1-2H3,(H,21,24)(H,25,26)(H,20,22,27)/p+1. The van der Waals surface area contributed by atoms with Gasteiger partial charge in [0.1, 0.15) is 5.69 Å². The van der Waals surface area contributed by atoms with Crippen LogP contribution < -0.4 is 20.9 Å². The smallest absolute Gasteiger partial charge is 0.341 e. The number of aliphatic carboxylic acids is 1. The van der Waals surface area contributed by atoms with E-state index in [0.717, 1.165) is 11.3 Å². The highest BCUT2D eigenvalue weighted by Crippen LogP contribution is 2.28. The van der Waals surface area contributed by atoms with E-state index in [1.807, 2.05) is 0 Å². The number of carboxylic acids is 1. The molecule has 0 saturated carbocycles. The molecule has 0 fully saturated rings. The number of thiazole rings is 1. The van der Waals surface area contributed by atoms with Crippen molar-refractivity contribution in [1.82, 2.24) is 0 Å². The van der Waals surface area contributed by atoms with Gasteiger partial charge in [0.2, 0.25) is 10.9 Å². The Morgan fingerprint density at radius 2 is 2.00 bits per heavy atom. The maximum absolute atomic E-state index is 12.7. The van der Waals surface area contributed by atoms with Crippen LogP contribution in [0.2, 0.25) is 0 Å². The Morgan fingerprint density at radius 1 is 1.23 bits per heavy atom. The predicted octanol–water partition coefficient (Wildman–Crippen LogP) is 2.38. The first-order valence-electron chi connectivity index (χ1n) is 8.92. The second-order valence-corrected chi connectivity index (χ2v) is 7.16. The number of ether oxygens (including phenoxy) is 1. The number of rotatable bonds is 11. The Kier molecular flexibility index (Phi) is 8.38. The van der Waals surface area contributed by atoms with Crippen LogP contribution >= 0.6 is 11.3 Å². The molecular formula is C18H22N5O6S+. The number of benzene rings is 1. The van der Waals surface area contributed by atoms with Crippen LogP contribution in [0.1, 0.15) is 29.4 Å². The summed E-state index contributed by atoms with van der Waals surface area (Å²) in [5, 5.41) is 20.4. The summed E-state index contributed by atoms with van der Waals surface area (Å²) in [6, 6.07) is 4.82. The van der Waals surface area contributed by atoms with E-state index in [1.54, 1.807) is 25.1 Å². The average molecular weight is 436 g/mol. The first kappa shape index (κ1) is 22.9. The van der Waals surface area contributed by atoms with Crippen molar-refractivity contribution in [3.05, 3.63) is 34.4 Å². The largest absolute Gasteiger partial charge is 0.481 e. The summed E-state index contributed by atoms with van der Waals surface area (Å²) < 4.78 is 5.20. The molecule has 5 N–H and O–H groups in total. The predicted molar refractivity (Wildman–Crippen MR) is 111 cm³/mol. The van der Waals surface area contributed by atoms with Crippen LogP contribution in [0.15, 0.2) is 23.4 Å². The fourth-order valence-electron chi connectivity index (χ4n) is 2.41. The van der Waals surface area contributed by atoms with E-state index in [9.17, 15) is 19.3 Å². The average Bonchev–Trinajstić information content (AvgIpc) is 3.03. The van der Waals surface area contributed by atoms with Gasteiger partial charge in [-0.05, 0) is 34.7 Å². The molecule has 0 aliphatic rings. The molecule has 0 spiro atoms. The Morgan fingerprint density at radius 3 is 2.63 bits per heavy atom. The van der Waals surface area contributed by atoms with E-state index < -0.39 is 11.9 Å². The van der Waals surface area contributed by atoms with Crippen LogP contribution in [0, 0.1) is 11.8 Å². The number of aryl methyl sites for hydroxylation is 1. The van der Waals surface area contributed by atoms with Crippen molar-refractivity contribution in [1.29, 1.82) is 0 Å². The molecule has 2 amide bonds. The highest BCUT2D eigenvalue weighted by molar-refractivity contribution is 7.19. The number of aromatic nitrogens is 1. The molecule has 12 heteroatoms. The van der Waals surface area contributed by atoms with E-state index in [1.165, 1.54) is 6.92 Å². The van der Waals surface area contributed by atoms with Gasteiger partial charge in [0.25, 0.3) is 0 Å². The van der Waals surface area contributed by atoms with Gasteiger partial charge in [-0.15, -0.1) is 4.91 Å². The summed E-state index contributed by atoms with van der Waals surface area (Å²) in [6.07, 6.45) is -0.0674. The molecular weight excluding hydrogens is 414 g/mol. The topological polar surface area (TPSA) is 160 Å². The molecule has 2 rings (SSSR count). The summed E-state index contributed by atoms with van der Waals surface area (Å²) in [4.78, 5) is 48.2. The zero-order chi connectivity index (χ0) is 22.1. The van der Waals surface area contributed by atoms with Crippen LogP contribution in [0.5, 0.6) is 0 Å². The molecule has 0 unspecified atom stereocenters. The quantitative estimate of drug-likeness (QED) is 0.311. The minimum absolute atomic E-state index is 0.0674. The normalized spacial score (nSPS) is 10.3. The molecule has 1 heterocycles. The number of H-pyrrole nitrogens is 1. The summed E-state index contributed by atoms with van der Waals surface area (Å²) in [7, 11) is 0. The lowest BCUT2D eigenvalue weighted by molar-refractivity contribution is -0.363. The Balaban J connectivity index is 2.05. The van der Waals surface area contributed by atoms with Crippen molar-refractivity contribution >= 4 is 50.6 Å². The first-order valence-corrected chi connectivity index (χ1v) is 9.74. The van der Waals surface area contributed by atoms with Gasteiger partial charge in [-0.3, -0.25) is 9.59 Å². The third-order valence-corrected chi connectivity index (χ3v) is 4.72. The van der Waals surface area contributed by atoms with E-state index in [2.05, 4.69) is 26.1 Å². The number of anilines is 3. The van der Waals surface area contributed by atoms with Crippen LogP contribution in [0.3, 0.4) is 0 Å². The lowest BCUT2D eigenvalue weighted by Gasteiger charge is -2.12. The van der Waals surface area contributed by atoms with Crippen LogP contribution in [0.4, 0.5) is 21.5 Å².